The van der Waals surface area contributed by atoms with Gasteiger partial charge in [-0.15, -0.1) is 0 Å². The fraction of sp³-hybridized carbons (Fsp3) is 0.185. The molecule has 0 unspecified atom stereocenters. The van der Waals surface area contributed by atoms with E-state index in [-0.39, 0.29) is 5.91 Å². The second-order valence-corrected chi connectivity index (χ2v) is 10.6. The predicted octanol–water partition coefficient (Wildman–Crippen LogP) is 7.99. The second-order valence-electron chi connectivity index (χ2n) is 8.15. The van der Waals surface area contributed by atoms with Crippen LogP contribution in [0.5, 0.6) is 0 Å². The molecule has 1 amide bonds. The highest BCUT2D eigenvalue weighted by Gasteiger charge is 2.28. The Labute approximate surface area is 207 Å². The van der Waals surface area contributed by atoms with Crippen molar-refractivity contribution in [2.24, 2.45) is 0 Å². The minimum absolute atomic E-state index is 0.0145. The third-order valence-electron chi connectivity index (χ3n) is 5.78. The molecule has 1 aliphatic heterocycles. The van der Waals surface area contributed by atoms with Crippen LogP contribution in [-0.4, -0.2) is 16.6 Å². The van der Waals surface area contributed by atoms with Crippen LogP contribution in [0.3, 0.4) is 0 Å². The van der Waals surface area contributed by atoms with E-state index < -0.39 is 0 Å². The van der Waals surface area contributed by atoms with Crippen LogP contribution in [-0.2, 0) is 11.2 Å². The Balaban J connectivity index is 1.49. The van der Waals surface area contributed by atoms with Crippen LogP contribution < -0.4 is 4.90 Å². The molecule has 1 aliphatic rings. The molecular weight excluding hydrogens is 468 g/mol. The Hall–Kier alpha value is -2.47. The molecule has 2 heterocycles. The molecule has 0 aliphatic carbocycles. The first kappa shape index (κ1) is 22.3. The number of fused-ring (bicyclic) bond motifs is 3. The lowest BCUT2D eigenvalue weighted by molar-refractivity contribution is -0.115. The Bertz CT molecular complexity index is 1400. The van der Waals surface area contributed by atoms with E-state index in [1.165, 1.54) is 33.8 Å². The first-order valence-electron chi connectivity index (χ1n) is 10.9. The van der Waals surface area contributed by atoms with Gasteiger partial charge in [-0.25, -0.2) is 4.98 Å². The first-order valence-corrected chi connectivity index (χ1v) is 13.1. The molecule has 3 aromatic carbocycles. The van der Waals surface area contributed by atoms with Gasteiger partial charge in [0.15, 0.2) is 0 Å². The number of amides is 1. The summed E-state index contributed by atoms with van der Waals surface area (Å²) in [5, 5.41) is 2.72. The van der Waals surface area contributed by atoms with Crippen LogP contribution in [0.4, 0.5) is 11.4 Å². The number of hydrogen-bond acceptors (Lipinski definition) is 4. The SMILES string of the molecule is CCc1cc2c(C)cc(C)cc2nc1SCC(=O)N1c2ccccc2Sc2ccc(Cl)cc21. The normalized spacial score (nSPS) is 12.5. The van der Waals surface area contributed by atoms with Crippen LogP contribution in [0.15, 0.2) is 75.5 Å². The highest BCUT2D eigenvalue weighted by Crippen LogP contribution is 2.49. The van der Waals surface area contributed by atoms with E-state index in [1.807, 2.05) is 36.4 Å². The van der Waals surface area contributed by atoms with Gasteiger partial charge in [-0.1, -0.05) is 60.2 Å². The van der Waals surface area contributed by atoms with Gasteiger partial charge in [0.2, 0.25) is 5.91 Å². The number of halogens is 1. The summed E-state index contributed by atoms with van der Waals surface area (Å²) in [4.78, 5) is 22.5. The number of thioether (sulfide) groups is 1. The number of pyridine rings is 1. The molecule has 33 heavy (non-hydrogen) atoms. The van der Waals surface area contributed by atoms with Crippen molar-refractivity contribution in [1.29, 1.82) is 0 Å². The monoisotopic (exact) mass is 490 g/mol. The van der Waals surface area contributed by atoms with Crippen molar-refractivity contribution in [2.75, 3.05) is 10.7 Å². The van der Waals surface area contributed by atoms with E-state index in [4.69, 9.17) is 16.6 Å². The third-order valence-corrected chi connectivity index (χ3v) is 8.16. The highest BCUT2D eigenvalue weighted by molar-refractivity contribution is 8.00. The number of aryl methyl sites for hydroxylation is 3. The molecule has 0 saturated carbocycles. The number of rotatable bonds is 4. The largest absolute Gasteiger partial charge is 0.278 e. The van der Waals surface area contributed by atoms with Gasteiger partial charge >= 0.3 is 0 Å². The molecule has 166 valence electrons. The van der Waals surface area contributed by atoms with E-state index in [0.29, 0.717) is 10.8 Å². The first-order chi connectivity index (χ1) is 15.9. The highest BCUT2D eigenvalue weighted by atomic mass is 35.5. The fourth-order valence-electron chi connectivity index (χ4n) is 4.22. The van der Waals surface area contributed by atoms with E-state index in [2.05, 4.69) is 45.0 Å². The summed E-state index contributed by atoms with van der Waals surface area (Å²) >= 11 is 9.48. The van der Waals surface area contributed by atoms with Crippen molar-refractivity contribution in [2.45, 2.75) is 42.0 Å². The molecule has 3 nitrogen and oxygen atoms in total. The lowest BCUT2D eigenvalue weighted by atomic mass is 10.0. The molecule has 0 fully saturated rings. The Kier molecular flexibility index (Phi) is 6.12. The molecule has 0 bridgehead atoms. The minimum atomic E-state index is 0.0145. The Morgan fingerprint density at radius 1 is 1.03 bits per heavy atom. The maximum absolute atomic E-state index is 13.6. The number of nitrogens with zero attached hydrogens (tertiary/aromatic N) is 2. The summed E-state index contributed by atoms with van der Waals surface area (Å²) < 4.78 is 0. The maximum atomic E-state index is 13.6. The summed E-state index contributed by atoms with van der Waals surface area (Å²) in [7, 11) is 0. The van der Waals surface area contributed by atoms with Crippen LogP contribution >= 0.6 is 35.1 Å². The van der Waals surface area contributed by atoms with Gasteiger partial charge in [0, 0.05) is 20.2 Å². The molecule has 0 spiro atoms. The molecule has 0 N–H and O–H groups in total. The average Bonchev–Trinajstić information content (AvgIpc) is 2.80. The van der Waals surface area contributed by atoms with Gasteiger partial charge in [0.1, 0.15) is 5.03 Å². The lowest BCUT2D eigenvalue weighted by Crippen LogP contribution is -2.30. The van der Waals surface area contributed by atoms with Crippen LogP contribution in [0.1, 0.15) is 23.6 Å². The van der Waals surface area contributed by atoms with Crippen molar-refractivity contribution in [3.05, 3.63) is 82.4 Å². The summed E-state index contributed by atoms with van der Waals surface area (Å²) in [6.45, 7) is 6.35. The van der Waals surface area contributed by atoms with E-state index >= 15 is 0 Å². The molecule has 0 saturated heterocycles. The number of carbonyl (C=O) groups excluding carboxylic acids is 1. The zero-order chi connectivity index (χ0) is 23.1. The molecule has 4 aromatic rings. The smallest absolute Gasteiger partial charge is 0.242 e. The molecular formula is C27H23ClN2OS2. The summed E-state index contributed by atoms with van der Waals surface area (Å²) in [6.07, 6.45) is 0.869. The second kappa shape index (κ2) is 9.05. The van der Waals surface area contributed by atoms with Crippen molar-refractivity contribution < 1.29 is 4.79 Å². The van der Waals surface area contributed by atoms with Crippen molar-refractivity contribution >= 4 is 63.3 Å². The Morgan fingerprint density at radius 2 is 1.82 bits per heavy atom. The van der Waals surface area contributed by atoms with Crippen LogP contribution in [0, 0.1) is 13.8 Å². The van der Waals surface area contributed by atoms with Crippen molar-refractivity contribution in [3.8, 4) is 0 Å². The molecule has 0 atom stereocenters. The quantitative estimate of drug-likeness (QED) is 0.271. The van der Waals surface area contributed by atoms with Crippen molar-refractivity contribution in [1.82, 2.24) is 4.98 Å². The summed E-state index contributed by atoms with van der Waals surface area (Å²) in [5.41, 5.74) is 6.32. The zero-order valence-electron chi connectivity index (χ0n) is 18.7. The predicted molar refractivity (Wildman–Crippen MR) is 140 cm³/mol. The molecule has 6 heteroatoms. The van der Waals surface area contributed by atoms with Gasteiger partial charge in [-0.05, 0) is 79.4 Å². The standard InChI is InChI=1S/C27H23ClN2OS2/c1-4-18-13-20-17(3)11-16(2)12-21(20)29-27(18)32-15-26(31)30-22-7-5-6-8-24(22)33-25-10-9-19(28)14-23(25)30/h5-14H,4,15H2,1-3H3. The lowest BCUT2D eigenvalue weighted by Gasteiger charge is -2.31. The van der Waals surface area contributed by atoms with Gasteiger partial charge in [-0.2, -0.15) is 0 Å². The van der Waals surface area contributed by atoms with Gasteiger partial charge in [-0.3, -0.25) is 9.69 Å². The van der Waals surface area contributed by atoms with E-state index in [0.717, 1.165) is 38.1 Å². The maximum Gasteiger partial charge on any atom is 0.242 e. The number of carbonyl (C=O) groups is 1. The Morgan fingerprint density at radius 3 is 2.64 bits per heavy atom. The number of para-hydroxylation sites is 1. The molecule has 1 aromatic heterocycles. The third kappa shape index (κ3) is 4.25. The minimum Gasteiger partial charge on any atom is -0.278 e. The summed E-state index contributed by atoms with van der Waals surface area (Å²) in [5.74, 6) is 0.307. The number of aromatic nitrogens is 1. The summed E-state index contributed by atoms with van der Waals surface area (Å²) in [6, 6.07) is 20.3. The molecule has 5 rings (SSSR count). The number of anilines is 2. The van der Waals surface area contributed by atoms with Crippen LogP contribution in [0.2, 0.25) is 5.02 Å². The molecule has 0 radical (unpaired) electrons. The average molecular weight is 491 g/mol. The number of hydrogen-bond donors (Lipinski definition) is 0. The topological polar surface area (TPSA) is 33.2 Å². The van der Waals surface area contributed by atoms with E-state index in [9.17, 15) is 4.79 Å². The van der Waals surface area contributed by atoms with Gasteiger partial charge in [0.05, 0.1) is 22.6 Å². The van der Waals surface area contributed by atoms with Crippen molar-refractivity contribution in [3.63, 3.8) is 0 Å². The van der Waals surface area contributed by atoms with E-state index in [1.54, 1.807) is 16.7 Å². The number of benzene rings is 3. The van der Waals surface area contributed by atoms with Crippen LogP contribution in [0.25, 0.3) is 10.9 Å². The van der Waals surface area contributed by atoms with Gasteiger partial charge < -0.3 is 0 Å². The van der Waals surface area contributed by atoms with Gasteiger partial charge in [0.25, 0.3) is 0 Å². The fourth-order valence-corrected chi connectivity index (χ4v) is 6.37. The zero-order valence-corrected chi connectivity index (χ0v) is 21.1.